The second-order valence-electron chi connectivity index (χ2n) is 5.45. The first-order valence-corrected chi connectivity index (χ1v) is 8.36. The molecule has 25 heavy (non-hydrogen) atoms. The lowest BCUT2D eigenvalue weighted by Gasteiger charge is -2.32. The van der Waals surface area contributed by atoms with Crippen LogP contribution in [0, 0.1) is 0 Å². The Bertz CT molecular complexity index is 794. The maximum atomic E-state index is 12.6. The van der Waals surface area contributed by atoms with E-state index >= 15 is 0 Å². The summed E-state index contributed by atoms with van der Waals surface area (Å²) in [7, 11) is 0. The lowest BCUT2D eigenvalue weighted by molar-refractivity contribution is -0.119. The fraction of sp³-hybridized carbons (Fsp3) is 0.250. The van der Waals surface area contributed by atoms with Gasteiger partial charge in [0.2, 0.25) is 12.4 Å². The molecule has 7 nitrogen and oxygen atoms in total. The van der Waals surface area contributed by atoms with E-state index in [4.69, 9.17) is 23.2 Å². The number of hydrogen-bond acceptors (Lipinski definition) is 5. The number of anilines is 2. The lowest BCUT2D eigenvalue weighted by atomic mass is 10.3. The first-order chi connectivity index (χ1) is 12.1. The van der Waals surface area contributed by atoms with Gasteiger partial charge in [0.25, 0.3) is 5.91 Å². The van der Waals surface area contributed by atoms with E-state index in [9.17, 15) is 9.59 Å². The molecule has 2 heterocycles. The first-order valence-electron chi connectivity index (χ1n) is 7.60. The summed E-state index contributed by atoms with van der Waals surface area (Å²) in [4.78, 5) is 35.0. The lowest BCUT2D eigenvalue weighted by Crippen LogP contribution is -2.48. The van der Waals surface area contributed by atoms with Gasteiger partial charge < -0.3 is 15.1 Å². The molecule has 0 aliphatic carbocycles. The second kappa shape index (κ2) is 7.67. The van der Waals surface area contributed by atoms with Crippen LogP contribution in [0.15, 0.2) is 30.5 Å². The van der Waals surface area contributed by atoms with E-state index in [0.717, 1.165) is 6.41 Å². The molecule has 0 atom stereocenters. The largest absolute Gasteiger partial charge is 0.342 e. The van der Waals surface area contributed by atoms with Crippen molar-refractivity contribution in [2.45, 2.75) is 0 Å². The Balaban J connectivity index is 1.74. The number of carbonyl (C=O) groups excluding carboxylic acids is 2. The van der Waals surface area contributed by atoms with E-state index in [-0.39, 0.29) is 17.5 Å². The zero-order chi connectivity index (χ0) is 17.8. The van der Waals surface area contributed by atoms with Gasteiger partial charge in [-0.15, -0.1) is 0 Å². The molecule has 3 rings (SSSR count). The van der Waals surface area contributed by atoms with Gasteiger partial charge in [0.15, 0.2) is 0 Å². The van der Waals surface area contributed by atoms with Crippen molar-refractivity contribution in [3.05, 3.63) is 46.2 Å². The van der Waals surface area contributed by atoms with Gasteiger partial charge in [0.1, 0.15) is 5.69 Å². The van der Waals surface area contributed by atoms with Gasteiger partial charge in [-0.25, -0.2) is 9.97 Å². The van der Waals surface area contributed by atoms with E-state index in [2.05, 4.69) is 15.3 Å². The molecule has 0 bridgehead atoms. The highest BCUT2D eigenvalue weighted by atomic mass is 35.5. The van der Waals surface area contributed by atoms with Crippen molar-refractivity contribution in [1.29, 1.82) is 0 Å². The topological polar surface area (TPSA) is 78.4 Å². The maximum absolute atomic E-state index is 12.6. The summed E-state index contributed by atoms with van der Waals surface area (Å²) >= 11 is 12.1. The minimum absolute atomic E-state index is 0.201. The number of halogens is 2. The molecule has 0 radical (unpaired) electrons. The molecule has 2 amide bonds. The third-order valence-corrected chi connectivity index (χ3v) is 4.36. The van der Waals surface area contributed by atoms with Crippen LogP contribution in [0.5, 0.6) is 0 Å². The van der Waals surface area contributed by atoms with Crippen molar-refractivity contribution >= 4 is 47.2 Å². The van der Waals surface area contributed by atoms with Gasteiger partial charge in [-0.05, 0) is 24.3 Å². The molecule has 2 aromatic rings. The van der Waals surface area contributed by atoms with Crippen LogP contribution in [0.2, 0.25) is 10.0 Å². The summed E-state index contributed by atoms with van der Waals surface area (Å²) in [5, 5.41) is 3.95. The Labute approximate surface area is 154 Å². The highest BCUT2D eigenvalue weighted by Crippen LogP contribution is 2.27. The summed E-state index contributed by atoms with van der Waals surface area (Å²) < 4.78 is 0. The predicted molar refractivity (Wildman–Crippen MR) is 95.3 cm³/mol. The average molecular weight is 380 g/mol. The normalized spacial score (nSPS) is 14.3. The van der Waals surface area contributed by atoms with Gasteiger partial charge in [0.05, 0.1) is 10.7 Å². The van der Waals surface area contributed by atoms with Gasteiger partial charge in [0, 0.05) is 37.4 Å². The molecule has 1 saturated heterocycles. The molecule has 9 heteroatoms. The summed E-state index contributed by atoms with van der Waals surface area (Å²) in [5.41, 5.74) is 0.827. The van der Waals surface area contributed by atoms with Crippen molar-refractivity contribution in [1.82, 2.24) is 19.8 Å². The molecule has 1 aromatic carbocycles. The van der Waals surface area contributed by atoms with Crippen LogP contribution in [-0.4, -0.2) is 58.3 Å². The number of rotatable bonds is 4. The van der Waals surface area contributed by atoms with Gasteiger partial charge >= 0.3 is 0 Å². The van der Waals surface area contributed by atoms with Crippen molar-refractivity contribution in [2.75, 3.05) is 31.5 Å². The predicted octanol–water partition coefficient (Wildman–Crippen LogP) is 2.44. The zero-order valence-corrected chi connectivity index (χ0v) is 14.7. The van der Waals surface area contributed by atoms with Crippen LogP contribution >= 0.6 is 23.2 Å². The number of carbonyl (C=O) groups is 2. The summed E-state index contributed by atoms with van der Waals surface area (Å²) in [5.74, 6) is 0.0507. The quantitative estimate of drug-likeness (QED) is 0.825. The summed E-state index contributed by atoms with van der Waals surface area (Å²) in [6, 6.07) is 6.54. The van der Waals surface area contributed by atoms with Gasteiger partial charge in [-0.2, -0.15) is 0 Å². The molecule has 0 spiro atoms. The minimum Gasteiger partial charge on any atom is -0.342 e. The molecular formula is C16H15Cl2N5O2. The number of benzene rings is 1. The van der Waals surface area contributed by atoms with Crippen LogP contribution in [0.1, 0.15) is 10.5 Å². The smallest absolute Gasteiger partial charge is 0.272 e. The third kappa shape index (κ3) is 4.18. The van der Waals surface area contributed by atoms with E-state index in [1.807, 2.05) is 0 Å². The Morgan fingerprint density at radius 3 is 2.64 bits per heavy atom. The fourth-order valence-electron chi connectivity index (χ4n) is 2.44. The van der Waals surface area contributed by atoms with Crippen molar-refractivity contribution in [3.8, 4) is 0 Å². The zero-order valence-electron chi connectivity index (χ0n) is 13.2. The molecular weight excluding hydrogens is 365 g/mol. The van der Waals surface area contributed by atoms with Crippen LogP contribution in [0.4, 0.5) is 11.6 Å². The van der Waals surface area contributed by atoms with Crippen LogP contribution in [-0.2, 0) is 4.79 Å². The molecule has 1 aromatic heterocycles. The fourth-order valence-corrected chi connectivity index (χ4v) is 2.78. The Morgan fingerprint density at radius 2 is 1.92 bits per heavy atom. The number of amides is 2. The average Bonchev–Trinajstić information content (AvgIpc) is 2.64. The van der Waals surface area contributed by atoms with E-state index in [1.165, 1.54) is 6.20 Å². The van der Waals surface area contributed by atoms with Crippen molar-refractivity contribution in [2.24, 2.45) is 0 Å². The molecule has 1 aliphatic rings. The summed E-state index contributed by atoms with van der Waals surface area (Å²) in [6.45, 7) is 1.99. The van der Waals surface area contributed by atoms with Crippen molar-refractivity contribution in [3.63, 3.8) is 0 Å². The number of hydrogen-bond donors (Lipinski definition) is 1. The highest BCUT2D eigenvalue weighted by molar-refractivity contribution is 6.35. The monoisotopic (exact) mass is 379 g/mol. The van der Waals surface area contributed by atoms with Crippen molar-refractivity contribution < 1.29 is 9.59 Å². The van der Waals surface area contributed by atoms with Crippen LogP contribution in [0.25, 0.3) is 0 Å². The number of nitrogens with one attached hydrogen (secondary N) is 1. The Hall–Kier alpha value is -2.38. The SMILES string of the molecule is O=CN1CCN(C(=O)c2ccnc(Nc3cc(Cl)ccc3Cl)n2)CC1. The van der Waals surface area contributed by atoms with Gasteiger partial charge in [-0.1, -0.05) is 23.2 Å². The van der Waals surface area contributed by atoms with Gasteiger partial charge in [-0.3, -0.25) is 9.59 Å². The van der Waals surface area contributed by atoms with E-state index < -0.39 is 0 Å². The van der Waals surface area contributed by atoms with Crippen LogP contribution < -0.4 is 5.32 Å². The highest BCUT2D eigenvalue weighted by Gasteiger charge is 2.22. The molecule has 130 valence electrons. The van der Waals surface area contributed by atoms with E-state index in [1.54, 1.807) is 34.1 Å². The number of nitrogens with zero attached hydrogens (tertiary/aromatic N) is 4. The molecule has 1 fully saturated rings. The minimum atomic E-state index is -0.201. The standard InChI is InChI=1S/C16H15Cl2N5O2/c17-11-1-2-12(18)14(9-11)21-16-19-4-3-13(20-16)15(25)23-7-5-22(10-24)6-8-23/h1-4,9-10H,5-8H2,(H,19,20,21). The Kier molecular flexibility index (Phi) is 5.35. The molecule has 0 saturated carbocycles. The molecule has 1 aliphatic heterocycles. The second-order valence-corrected chi connectivity index (χ2v) is 6.29. The number of aromatic nitrogens is 2. The first kappa shape index (κ1) is 17.4. The number of piperazine rings is 1. The third-order valence-electron chi connectivity index (χ3n) is 3.80. The molecule has 1 N–H and O–H groups in total. The molecule has 0 unspecified atom stereocenters. The Morgan fingerprint density at radius 1 is 1.16 bits per heavy atom. The van der Waals surface area contributed by atoms with E-state index in [0.29, 0.717) is 41.9 Å². The maximum Gasteiger partial charge on any atom is 0.272 e. The van der Waals surface area contributed by atoms with Crippen LogP contribution in [0.3, 0.4) is 0 Å². The summed E-state index contributed by atoms with van der Waals surface area (Å²) in [6.07, 6.45) is 2.30.